The lowest BCUT2D eigenvalue weighted by Gasteiger charge is -2.26. The van der Waals surface area contributed by atoms with Gasteiger partial charge in [0, 0.05) is 51.7 Å². The highest BCUT2D eigenvalue weighted by Gasteiger charge is 2.31. The number of Topliss-reactive ketones (excluding diaryl/α,β-unsaturated/α-hetero) is 1. The van der Waals surface area contributed by atoms with Crippen molar-refractivity contribution in [1.82, 2.24) is 20.5 Å². The highest BCUT2D eigenvalue weighted by molar-refractivity contribution is 6.30. The molecule has 0 aliphatic rings. The number of ketones is 1. The van der Waals surface area contributed by atoms with Crippen molar-refractivity contribution < 1.29 is 62.0 Å². The van der Waals surface area contributed by atoms with Gasteiger partial charge in [-0.2, -0.15) is 0 Å². The van der Waals surface area contributed by atoms with Gasteiger partial charge in [-0.1, -0.05) is 38.4 Å². The average molecular weight is 945 g/mol. The van der Waals surface area contributed by atoms with Crippen LogP contribution >= 0.6 is 11.6 Å². The van der Waals surface area contributed by atoms with Crippen molar-refractivity contribution in [2.75, 3.05) is 20.3 Å². The number of nitrogens with zero attached hydrogens (tertiary/aromatic N) is 1. The van der Waals surface area contributed by atoms with E-state index in [1.54, 1.807) is 70.2 Å². The van der Waals surface area contributed by atoms with Crippen molar-refractivity contribution in [3.8, 4) is 22.6 Å². The first-order valence-electron chi connectivity index (χ1n) is 21.2. The van der Waals surface area contributed by atoms with Gasteiger partial charge in [-0.15, -0.1) is 0 Å². The summed E-state index contributed by atoms with van der Waals surface area (Å²) in [6, 6.07) is 15.7. The number of unbranched alkanes of at least 4 members (excludes halogenated alkanes) is 1. The van der Waals surface area contributed by atoms with Gasteiger partial charge in [-0.25, -0.2) is 18.4 Å². The predicted molar refractivity (Wildman–Crippen MR) is 244 cm³/mol. The molecule has 5 aromatic rings. The maximum Gasteiger partial charge on any atom is 0.339 e. The summed E-state index contributed by atoms with van der Waals surface area (Å²) in [4.78, 5) is 90.6. The molecule has 18 heteroatoms. The molecule has 1 aromatic heterocycles. The van der Waals surface area contributed by atoms with E-state index in [1.165, 1.54) is 29.9 Å². The number of hydrogen-bond donors (Lipinski definition) is 5. The molecule has 0 saturated heterocycles. The van der Waals surface area contributed by atoms with Crippen molar-refractivity contribution in [1.29, 1.82) is 0 Å². The summed E-state index contributed by atoms with van der Waals surface area (Å²) in [6.07, 6.45) is -0.00645. The first-order chi connectivity index (χ1) is 31.7. The summed E-state index contributed by atoms with van der Waals surface area (Å²) in [5.41, 5.74) is 0.721. The third-order valence-electron chi connectivity index (χ3n) is 10.9. The number of carbonyl (C=O) groups is 7. The Labute approximate surface area is 389 Å². The molecule has 2 atom stereocenters. The summed E-state index contributed by atoms with van der Waals surface area (Å²) >= 11 is 6.03. The zero-order valence-electron chi connectivity index (χ0n) is 37.5. The third kappa shape index (κ3) is 13.2. The van der Waals surface area contributed by atoms with E-state index in [0.717, 1.165) is 12.1 Å². The van der Waals surface area contributed by atoms with E-state index in [0.29, 0.717) is 57.4 Å². The molecule has 0 saturated carbocycles. The van der Waals surface area contributed by atoms with Gasteiger partial charge in [0.15, 0.2) is 12.4 Å². The van der Waals surface area contributed by atoms with Gasteiger partial charge in [-0.05, 0) is 110 Å². The molecular formula is C49H51ClF2N4O11. The second kappa shape index (κ2) is 22.4. The summed E-state index contributed by atoms with van der Waals surface area (Å²) < 4.78 is 40.0. The number of halogens is 3. The minimum Gasteiger partial charge on any atom is -0.497 e. The zero-order chi connectivity index (χ0) is 49.2. The Balaban J connectivity index is 1.14. The van der Waals surface area contributed by atoms with Crippen molar-refractivity contribution in [3.05, 3.63) is 118 Å². The van der Waals surface area contributed by atoms with Crippen LogP contribution in [0.4, 0.5) is 8.78 Å². The number of fused-ring (bicyclic) bond motifs is 1. The Hall–Kier alpha value is -7.14. The fourth-order valence-electron chi connectivity index (χ4n) is 7.40. The number of aromatic nitrogens is 1. The van der Waals surface area contributed by atoms with Crippen LogP contribution in [0.25, 0.3) is 22.0 Å². The zero-order valence-corrected chi connectivity index (χ0v) is 38.2. The van der Waals surface area contributed by atoms with Crippen LogP contribution in [0.15, 0.2) is 78.9 Å². The van der Waals surface area contributed by atoms with E-state index in [-0.39, 0.29) is 66.4 Å². The average Bonchev–Trinajstić information content (AvgIpc) is 3.54. The maximum atomic E-state index is 14.3. The lowest BCUT2D eigenvalue weighted by atomic mass is 9.84. The number of aromatic carboxylic acids is 1. The Morgan fingerprint density at radius 1 is 0.806 bits per heavy atom. The Morgan fingerprint density at radius 3 is 2.15 bits per heavy atom. The first kappa shape index (κ1) is 50.9. The molecule has 15 nitrogen and oxygen atoms in total. The molecule has 0 spiro atoms. The number of hydrogen-bond acceptors (Lipinski definition) is 9. The fraction of sp³-hybridized carbons (Fsp3) is 0.327. The lowest BCUT2D eigenvalue weighted by molar-refractivity contribution is -0.142. The van der Waals surface area contributed by atoms with Crippen molar-refractivity contribution in [2.45, 2.75) is 78.3 Å². The van der Waals surface area contributed by atoms with Gasteiger partial charge in [0.1, 0.15) is 34.7 Å². The van der Waals surface area contributed by atoms with Gasteiger partial charge in [0.25, 0.3) is 11.8 Å². The number of carbonyl (C=O) groups excluding carboxylic acids is 5. The Morgan fingerprint density at radius 2 is 1.51 bits per heavy atom. The summed E-state index contributed by atoms with van der Waals surface area (Å²) in [7, 11) is 1.48. The molecule has 4 aromatic carbocycles. The maximum absolute atomic E-state index is 14.3. The largest absolute Gasteiger partial charge is 0.497 e. The number of benzene rings is 4. The number of nitrogens with one attached hydrogen (secondary N) is 3. The van der Waals surface area contributed by atoms with Gasteiger partial charge in [0.2, 0.25) is 11.8 Å². The molecule has 0 fully saturated rings. The summed E-state index contributed by atoms with van der Waals surface area (Å²) in [5, 5.41) is 28.6. The number of carboxylic acids is 2. The van der Waals surface area contributed by atoms with Crippen LogP contribution in [0, 0.1) is 24.0 Å². The minimum atomic E-state index is -1.47. The lowest BCUT2D eigenvalue weighted by Crippen LogP contribution is -2.47. The molecule has 1 heterocycles. The van der Waals surface area contributed by atoms with E-state index >= 15 is 0 Å². The van der Waals surface area contributed by atoms with Crippen molar-refractivity contribution in [3.63, 3.8) is 0 Å². The van der Waals surface area contributed by atoms with Gasteiger partial charge in [0.05, 0.1) is 25.1 Å². The third-order valence-corrected chi connectivity index (χ3v) is 11.2. The monoisotopic (exact) mass is 944 g/mol. The highest BCUT2D eigenvalue weighted by atomic mass is 35.5. The number of ether oxygens (including phenoxy) is 2. The first-order valence-corrected chi connectivity index (χ1v) is 21.6. The van der Waals surface area contributed by atoms with Crippen LogP contribution in [-0.4, -0.2) is 88.5 Å². The van der Waals surface area contributed by atoms with Gasteiger partial charge < -0.3 is 35.6 Å². The number of amides is 3. The van der Waals surface area contributed by atoms with E-state index in [4.69, 9.17) is 21.1 Å². The normalized spacial score (nSPS) is 12.2. The van der Waals surface area contributed by atoms with Crippen LogP contribution < -0.4 is 25.4 Å². The predicted octanol–water partition coefficient (Wildman–Crippen LogP) is 7.30. The molecule has 5 rings (SSSR count). The second-order valence-corrected chi connectivity index (χ2v) is 17.2. The quantitative estimate of drug-likeness (QED) is 0.0460. The van der Waals surface area contributed by atoms with Crippen LogP contribution in [-0.2, 0) is 30.4 Å². The molecule has 0 unspecified atom stereocenters. The van der Waals surface area contributed by atoms with E-state index in [2.05, 4.69) is 16.0 Å². The molecule has 0 radical (unpaired) electrons. The molecule has 5 N–H and O–H groups in total. The Kier molecular flexibility index (Phi) is 17.0. The summed E-state index contributed by atoms with van der Waals surface area (Å²) in [6.45, 7) is 6.35. The van der Waals surface area contributed by atoms with Crippen molar-refractivity contribution >= 4 is 63.9 Å². The van der Waals surface area contributed by atoms with Crippen LogP contribution in [0.2, 0.25) is 5.02 Å². The second-order valence-electron chi connectivity index (χ2n) is 16.8. The van der Waals surface area contributed by atoms with Crippen molar-refractivity contribution in [2.24, 2.45) is 5.41 Å². The van der Waals surface area contributed by atoms with E-state index in [1.807, 2.05) is 0 Å². The molecule has 0 aliphatic carbocycles. The molecule has 0 bridgehead atoms. The SMILES string of the molecule is COc1ccc2c(c1)c(CC(=O)N[C@@H](CCC(=O)N[C@@H](CCCCNC(=O)COc1ccc(-c3ccc(F)cc3F)cc1C(=O)O)C(=O)C(C)(C)C)C(=O)O)c(C)n2C(=O)c1ccc(Cl)cc1. The minimum absolute atomic E-state index is 0.0225. The number of carboxylic acid groups (broad SMARTS) is 2. The number of aliphatic carboxylic acids is 1. The van der Waals surface area contributed by atoms with E-state index in [9.17, 15) is 52.6 Å². The topological polar surface area (TPSA) is 219 Å². The smallest absolute Gasteiger partial charge is 0.339 e. The highest BCUT2D eigenvalue weighted by Crippen LogP contribution is 2.32. The van der Waals surface area contributed by atoms with E-state index < -0.39 is 65.4 Å². The van der Waals surface area contributed by atoms with Crippen LogP contribution in [0.3, 0.4) is 0 Å². The van der Waals surface area contributed by atoms with Gasteiger partial charge >= 0.3 is 11.9 Å². The fourth-order valence-corrected chi connectivity index (χ4v) is 7.53. The molecule has 354 valence electrons. The van der Waals surface area contributed by atoms with Crippen LogP contribution in [0.5, 0.6) is 11.5 Å². The molecule has 3 amide bonds. The Bertz CT molecular complexity index is 2700. The number of methoxy groups -OCH3 is 1. The summed E-state index contributed by atoms with van der Waals surface area (Å²) in [5.74, 6) is -6.62. The van der Waals surface area contributed by atoms with Gasteiger partial charge in [-0.3, -0.25) is 28.5 Å². The molecular weight excluding hydrogens is 894 g/mol. The molecule has 67 heavy (non-hydrogen) atoms. The standard InChI is InChI=1S/C49H51ClF2N4O11/c1-27-34(35-24-32(66-5)15-18-40(35)56(27)46(61)28-9-12-30(50)13-10-28)25-43(58)55-39(48(64)65)17-20-42(57)54-38(45(60)49(2,3)4)8-6-7-21-53-44(59)26-67-41-19-11-29(22-36(41)47(62)63)33-16-14-31(51)23-37(33)52/h9-16,18-19,22-24,38-39H,6-8,17,20-21,25-26H2,1-5H3,(H,53,59)(H,54,57)(H,55,58)(H,62,63)(H,64,65)/t38-,39-/m0/s1. The number of rotatable bonds is 21. The molecule has 0 aliphatic heterocycles. The van der Waals surface area contributed by atoms with Crippen LogP contribution in [0.1, 0.15) is 84.8 Å².